The van der Waals surface area contributed by atoms with Gasteiger partial charge in [0.1, 0.15) is 9.84 Å². The molecule has 1 saturated heterocycles. The molecule has 0 saturated carbocycles. The molecule has 25 heavy (non-hydrogen) atoms. The zero-order chi connectivity index (χ0) is 18.3. The third kappa shape index (κ3) is 7.01. The van der Waals surface area contributed by atoms with Gasteiger partial charge in [0.05, 0.1) is 12.4 Å². The SMILES string of the molecule is COCCN1CCN(c2ccc(NC(=O)CCS(C)(=O)=O)cc2)CC1. The van der Waals surface area contributed by atoms with Gasteiger partial charge in [-0.1, -0.05) is 0 Å². The Bertz CT molecular complexity index is 653. The lowest BCUT2D eigenvalue weighted by molar-refractivity contribution is -0.115. The number of nitrogens with one attached hydrogen (secondary N) is 1. The summed E-state index contributed by atoms with van der Waals surface area (Å²) >= 11 is 0. The van der Waals surface area contributed by atoms with Gasteiger partial charge in [0, 0.05) is 63.9 Å². The third-order valence-electron chi connectivity index (χ3n) is 4.20. The van der Waals surface area contributed by atoms with Gasteiger partial charge in [-0.3, -0.25) is 9.69 Å². The molecule has 1 heterocycles. The summed E-state index contributed by atoms with van der Waals surface area (Å²) in [6.07, 6.45) is 1.11. The first-order valence-electron chi connectivity index (χ1n) is 8.41. The van der Waals surface area contributed by atoms with E-state index in [1.807, 2.05) is 24.3 Å². The molecular formula is C17H27N3O4S. The Labute approximate surface area is 149 Å². The highest BCUT2D eigenvalue weighted by atomic mass is 32.2. The van der Waals surface area contributed by atoms with Gasteiger partial charge in [0.25, 0.3) is 0 Å². The van der Waals surface area contributed by atoms with Crippen LogP contribution in [0.2, 0.25) is 0 Å². The molecule has 0 radical (unpaired) electrons. The molecular weight excluding hydrogens is 342 g/mol. The van der Waals surface area contributed by atoms with Gasteiger partial charge in [-0.05, 0) is 24.3 Å². The number of anilines is 2. The van der Waals surface area contributed by atoms with Crippen LogP contribution in [0.25, 0.3) is 0 Å². The maximum Gasteiger partial charge on any atom is 0.225 e. The number of hydrogen-bond donors (Lipinski definition) is 1. The van der Waals surface area contributed by atoms with Crippen LogP contribution in [-0.2, 0) is 19.4 Å². The molecule has 2 rings (SSSR count). The van der Waals surface area contributed by atoms with E-state index in [0.717, 1.165) is 51.3 Å². The van der Waals surface area contributed by atoms with E-state index in [9.17, 15) is 13.2 Å². The van der Waals surface area contributed by atoms with Crippen molar-refractivity contribution in [2.24, 2.45) is 0 Å². The molecule has 1 aliphatic rings. The molecule has 7 nitrogen and oxygen atoms in total. The van der Waals surface area contributed by atoms with E-state index in [2.05, 4.69) is 15.1 Å². The largest absolute Gasteiger partial charge is 0.383 e. The lowest BCUT2D eigenvalue weighted by Gasteiger charge is -2.36. The minimum absolute atomic E-state index is 0.0238. The topological polar surface area (TPSA) is 79.0 Å². The van der Waals surface area contributed by atoms with Gasteiger partial charge in [0.15, 0.2) is 0 Å². The molecule has 140 valence electrons. The summed E-state index contributed by atoms with van der Waals surface area (Å²) < 4.78 is 27.3. The molecule has 1 fully saturated rings. The van der Waals surface area contributed by atoms with Crippen LogP contribution in [0.5, 0.6) is 0 Å². The molecule has 0 atom stereocenters. The second-order valence-electron chi connectivity index (χ2n) is 6.30. The van der Waals surface area contributed by atoms with Gasteiger partial charge < -0.3 is 15.0 Å². The second-order valence-corrected chi connectivity index (χ2v) is 8.56. The number of sulfone groups is 1. The number of nitrogens with zero attached hydrogens (tertiary/aromatic N) is 2. The van der Waals surface area contributed by atoms with Crippen LogP contribution < -0.4 is 10.2 Å². The fourth-order valence-corrected chi connectivity index (χ4v) is 3.26. The molecule has 1 aliphatic heterocycles. The van der Waals surface area contributed by atoms with Gasteiger partial charge in [-0.25, -0.2) is 8.42 Å². The first-order chi connectivity index (χ1) is 11.9. The van der Waals surface area contributed by atoms with E-state index in [4.69, 9.17) is 4.74 Å². The Morgan fingerprint density at radius 3 is 2.36 bits per heavy atom. The van der Waals surface area contributed by atoms with Gasteiger partial charge in [-0.15, -0.1) is 0 Å². The molecule has 1 aromatic rings. The number of ether oxygens (including phenoxy) is 1. The lowest BCUT2D eigenvalue weighted by Crippen LogP contribution is -2.47. The zero-order valence-electron chi connectivity index (χ0n) is 14.9. The summed E-state index contributed by atoms with van der Waals surface area (Å²) in [5.74, 6) is -0.422. The van der Waals surface area contributed by atoms with Gasteiger partial charge >= 0.3 is 0 Å². The van der Waals surface area contributed by atoms with Crippen LogP contribution in [0.1, 0.15) is 6.42 Å². The first-order valence-corrected chi connectivity index (χ1v) is 10.5. The Morgan fingerprint density at radius 2 is 1.80 bits per heavy atom. The molecule has 1 N–H and O–H groups in total. The van der Waals surface area contributed by atoms with E-state index in [-0.39, 0.29) is 18.1 Å². The lowest BCUT2D eigenvalue weighted by atomic mass is 10.2. The summed E-state index contributed by atoms with van der Waals surface area (Å²) in [6.45, 7) is 5.66. The first kappa shape index (κ1) is 19.7. The number of benzene rings is 1. The molecule has 0 aliphatic carbocycles. The molecule has 8 heteroatoms. The van der Waals surface area contributed by atoms with E-state index in [0.29, 0.717) is 5.69 Å². The summed E-state index contributed by atoms with van der Waals surface area (Å²) in [7, 11) is -1.40. The Morgan fingerprint density at radius 1 is 1.16 bits per heavy atom. The maximum atomic E-state index is 11.8. The van der Waals surface area contributed by atoms with Crippen molar-refractivity contribution in [2.45, 2.75) is 6.42 Å². The van der Waals surface area contributed by atoms with Crippen molar-refractivity contribution >= 4 is 27.1 Å². The average molecular weight is 369 g/mol. The van der Waals surface area contributed by atoms with Crippen molar-refractivity contribution in [1.29, 1.82) is 0 Å². The van der Waals surface area contributed by atoms with Crippen LogP contribution in [-0.4, -0.2) is 77.7 Å². The molecule has 0 bridgehead atoms. The third-order valence-corrected chi connectivity index (χ3v) is 5.15. The highest BCUT2D eigenvalue weighted by molar-refractivity contribution is 7.90. The highest BCUT2D eigenvalue weighted by Crippen LogP contribution is 2.19. The Hall–Kier alpha value is -1.64. The molecule has 1 aromatic carbocycles. The van der Waals surface area contributed by atoms with Crippen molar-refractivity contribution in [3.63, 3.8) is 0 Å². The second kappa shape index (κ2) is 9.17. The number of hydrogen-bond acceptors (Lipinski definition) is 6. The van der Waals surface area contributed by atoms with E-state index in [1.165, 1.54) is 0 Å². The number of rotatable bonds is 8. The van der Waals surface area contributed by atoms with Crippen molar-refractivity contribution in [3.8, 4) is 0 Å². The zero-order valence-corrected chi connectivity index (χ0v) is 15.7. The van der Waals surface area contributed by atoms with Crippen molar-refractivity contribution < 1.29 is 17.9 Å². The smallest absolute Gasteiger partial charge is 0.225 e. The molecule has 0 unspecified atom stereocenters. The Kier molecular flexibility index (Phi) is 7.22. The maximum absolute atomic E-state index is 11.8. The van der Waals surface area contributed by atoms with Crippen LogP contribution in [0.3, 0.4) is 0 Å². The van der Waals surface area contributed by atoms with Crippen molar-refractivity contribution in [1.82, 2.24) is 4.90 Å². The van der Waals surface area contributed by atoms with E-state index in [1.54, 1.807) is 7.11 Å². The predicted octanol–water partition coefficient (Wildman–Crippen LogP) is 0.828. The average Bonchev–Trinajstić information content (AvgIpc) is 2.59. The van der Waals surface area contributed by atoms with Crippen LogP contribution in [0.4, 0.5) is 11.4 Å². The number of carbonyl (C=O) groups excluding carboxylic acids is 1. The van der Waals surface area contributed by atoms with E-state index >= 15 is 0 Å². The number of amides is 1. The normalized spacial score (nSPS) is 16.0. The van der Waals surface area contributed by atoms with Gasteiger partial charge in [0.2, 0.25) is 5.91 Å². The monoisotopic (exact) mass is 369 g/mol. The quantitative estimate of drug-likeness (QED) is 0.731. The summed E-state index contributed by atoms with van der Waals surface area (Å²) in [5.41, 5.74) is 1.81. The minimum Gasteiger partial charge on any atom is -0.383 e. The van der Waals surface area contributed by atoms with E-state index < -0.39 is 9.84 Å². The van der Waals surface area contributed by atoms with Crippen LogP contribution >= 0.6 is 0 Å². The van der Waals surface area contributed by atoms with Crippen molar-refractivity contribution in [2.75, 3.05) is 68.7 Å². The standard InChI is InChI=1S/C17H27N3O4S/c1-24-13-12-19-8-10-20(11-9-19)16-5-3-15(4-6-16)18-17(21)7-14-25(2,22)23/h3-6H,7-14H2,1-2H3,(H,18,21). The Balaban J connectivity index is 1.81. The van der Waals surface area contributed by atoms with Crippen LogP contribution in [0, 0.1) is 0 Å². The molecule has 1 amide bonds. The number of piperazine rings is 1. The fraction of sp³-hybridized carbons (Fsp3) is 0.588. The summed E-state index contributed by atoms with van der Waals surface area (Å²) in [5, 5.41) is 2.73. The predicted molar refractivity (Wildman–Crippen MR) is 99.9 cm³/mol. The molecule has 0 spiro atoms. The minimum atomic E-state index is -3.12. The number of carbonyl (C=O) groups is 1. The highest BCUT2D eigenvalue weighted by Gasteiger charge is 2.17. The fourth-order valence-electron chi connectivity index (χ4n) is 2.71. The molecule has 0 aromatic heterocycles. The van der Waals surface area contributed by atoms with Crippen LogP contribution in [0.15, 0.2) is 24.3 Å². The van der Waals surface area contributed by atoms with Gasteiger partial charge in [-0.2, -0.15) is 0 Å². The summed E-state index contributed by atoms with van der Waals surface area (Å²) in [6, 6.07) is 7.67. The summed E-state index contributed by atoms with van der Waals surface area (Å²) in [4.78, 5) is 16.5. The van der Waals surface area contributed by atoms with Crippen molar-refractivity contribution in [3.05, 3.63) is 24.3 Å². The number of methoxy groups -OCH3 is 1.